The Morgan fingerprint density at radius 1 is 1.43 bits per heavy atom. The zero-order valence-corrected chi connectivity index (χ0v) is 11.4. The van der Waals surface area contributed by atoms with Crippen LogP contribution in [0.1, 0.15) is 10.4 Å². The highest BCUT2D eigenvalue weighted by molar-refractivity contribution is 14.1. The first kappa shape index (κ1) is 11.8. The standard InChI is InChI=1S/C9H8BrIO3/c1-13-7-4-5(9(12)14-2)3-6(11)8(7)10/h3-4H,1-2H3. The van der Waals surface area contributed by atoms with E-state index in [9.17, 15) is 4.79 Å². The average molecular weight is 371 g/mol. The van der Waals surface area contributed by atoms with E-state index >= 15 is 0 Å². The molecule has 1 aromatic carbocycles. The maximum atomic E-state index is 11.2. The van der Waals surface area contributed by atoms with E-state index in [1.165, 1.54) is 7.11 Å². The second kappa shape index (κ2) is 4.97. The Balaban J connectivity index is 3.22. The normalized spacial score (nSPS) is 9.71. The minimum absolute atomic E-state index is 0.367. The number of rotatable bonds is 2. The minimum Gasteiger partial charge on any atom is -0.496 e. The summed E-state index contributed by atoms with van der Waals surface area (Å²) in [5, 5.41) is 0. The Morgan fingerprint density at radius 2 is 2.07 bits per heavy atom. The zero-order chi connectivity index (χ0) is 10.7. The first-order valence-electron chi connectivity index (χ1n) is 3.71. The van der Waals surface area contributed by atoms with E-state index in [1.807, 2.05) is 0 Å². The van der Waals surface area contributed by atoms with Gasteiger partial charge in [-0.3, -0.25) is 0 Å². The van der Waals surface area contributed by atoms with Gasteiger partial charge in [0.15, 0.2) is 0 Å². The first-order valence-corrected chi connectivity index (χ1v) is 5.58. The molecule has 0 spiro atoms. The number of halogens is 2. The van der Waals surface area contributed by atoms with Gasteiger partial charge in [-0.15, -0.1) is 0 Å². The monoisotopic (exact) mass is 370 g/mol. The molecule has 0 unspecified atom stereocenters. The zero-order valence-electron chi connectivity index (χ0n) is 7.64. The summed E-state index contributed by atoms with van der Waals surface area (Å²) in [6, 6.07) is 3.37. The van der Waals surface area contributed by atoms with E-state index in [-0.39, 0.29) is 5.97 Å². The predicted molar refractivity (Wildman–Crippen MR) is 64.8 cm³/mol. The molecule has 5 heteroatoms. The van der Waals surface area contributed by atoms with E-state index in [4.69, 9.17) is 4.74 Å². The van der Waals surface area contributed by atoms with Crippen LogP contribution in [0.25, 0.3) is 0 Å². The lowest BCUT2D eigenvalue weighted by Crippen LogP contribution is -2.02. The van der Waals surface area contributed by atoms with Crippen molar-refractivity contribution >= 4 is 44.5 Å². The van der Waals surface area contributed by atoms with Crippen molar-refractivity contribution in [3.63, 3.8) is 0 Å². The number of methoxy groups -OCH3 is 2. The maximum absolute atomic E-state index is 11.2. The second-order valence-electron chi connectivity index (χ2n) is 2.47. The van der Waals surface area contributed by atoms with Crippen LogP contribution in [0.2, 0.25) is 0 Å². The highest BCUT2D eigenvalue weighted by atomic mass is 127. The molecule has 0 heterocycles. The number of ether oxygens (including phenoxy) is 2. The van der Waals surface area contributed by atoms with Crippen LogP contribution < -0.4 is 4.74 Å². The number of hydrogen-bond acceptors (Lipinski definition) is 3. The van der Waals surface area contributed by atoms with Crippen LogP contribution in [0.5, 0.6) is 5.75 Å². The van der Waals surface area contributed by atoms with Crippen LogP contribution in [0.4, 0.5) is 0 Å². The molecule has 1 rings (SSSR count). The molecule has 0 bridgehead atoms. The van der Waals surface area contributed by atoms with E-state index in [1.54, 1.807) is 19.2 Å². The summed E-state index contributed by atoms with van der Waals surface area (Å²) in [7, 11) is 2.90. The fraction of sp³-hybridized carbons (Fsp3) is 0.222. The molecule has 0 radical (unpaired) electrons. The molecule has 0 aromatic heterocycles. The summed E-state index contributed by atoms with van der Waals surface area (Å²) >= 11 is 5.47. The fourth-order valence-corrected chi connectivity index (χ4v) is 1.94. The lowest BCUT2D eigenvalue weighted by molar-refractivity contribution is 0.0600. The number of esters is 1. The summed E-state index contributed by atoms with van der Waals surface area (Å²) in [5.41, 5.74) is 0.483. The van der Waals surface area contributed by atoms with Gasteiger partial charge in [0.1, 0.15) is 5.75 Å². The van der Waals surface area contributed by atoms with Gasteiger partial charge in [-0.2, -0.15) is 0 Å². The van der Waals surface area contributed by atoms with E-state index in [2.05, 4.69) is 43.3 Å². The van der Waals surface area contributed by atoms with Gasteiger partial charge in [0.2, 0.25) is 0 Å². The fourth-order valence-electron chi connectivity index (χ4n) is 0.948. The molecule has 0 saturated heterocycles. The largest absolute Gasteiger partial charge is 0.496 e. The molecule has 0 N–H and O–H groups in total. The molecule has 3 nitrogen and oxygen atoms in total. The number of hydrogen-bond donors (Lipinski definition) is 0. The number of carbonyl (C=O) groups excluding carboxylic acids is 1. The SMILES string of the molecule is COC(=O)c1cc(I)c(Br)c(OC)c1. The van der Waals surface area contributed by atoms with Gasteiger partial charge in [0.05, 0.1) is 24.3 Å². The second-order valence-corrected chi connectivity index (χ2v) is 4.42. The van der Waals surface area contributed by atoms with Crippen LogP contribution in [0.15, 0.2) is 16.6 Å². The Hall–Kier alpha value is -0.300. The van der Waals surface area contributed by atoms with Gasteiger partial charge in [-0.05, 0) is 50.7 Å². The molecule has 76 valence electrons. The maximum Gasteiger partial charge on any atom is 0.338 e. The van der Waals surface area contributed by atoms with Crippen molar-refractivity contribution in [3.05, 3.63) is 25.7 Å². The van der Waals surface area contributed by atoms with Crippen molar-refractivity contribution in [2.24, 2.45) is 0 Å². The van der Waals surface area contributed by atoms with Crippen LogP contribution >= 0.6 is 38.5 Å². The van der Waals surface area contributed by atoms with Crippen LogP contribution in [0, 0.1) is 3.57 Å². The van der Waals surface area contributed by atoms with Crippen LogP contribution in [0.3, 0.4) is 0 Å². The molecule has 0 aliphatic carbocycles. The Labute approximate surface area is 104 Å². The average Bonchev–Trinajstić information content (AvgIpc) is 2.20. The summed E-state index contributed by atoms with van der Waals surface area (Å²) in [5.74, 6) is 0.256. The summed E-state index contributed by atoms with van der Waals surface area (Å²) in [4.78, 5) is 11.2. The predicted octanol–water partition coefficient (Wildman–Crippen LogP) is 2.85. The van der Waals surface area contributed by atoms with E-state index in [0.29, 0.717) is 11.3 Å². The van der Waals surface area contributed by atoms with Gasteiger partial charge in [-0.25, -0.2) is 4.79 Å². The topological polar surface area (TPSA) is 35.5 Å². The molecule has 0 aliphatic rings. The lowest BCUT2D eigenvalue weighted by atomic mass is 10.2. The smallest absolute Gasteiger partial charge is 0.338 e. The van der Waals surface area contributed by atoms with Crippen LogP contribution in [-0.2, 0) is 4.74 Å². The van der Waals surface area contributed by atoms with Gasteiger partial charge < -0.3 is 9.47 Å². The minimum atomic E-state index is -0.367. The van der Waals surface area contributed by atoms with Crippen molar-refractivity contribution in [1.29, 1.82) is 0 Å². The number of benzene rings is 1. The van der Waals surface area contributed by atoms with Gasteiger partial charge in [0.25, 0.3) is 0 Å². The molecule has 0 atom stereocenters. The molecule has 0 fully saturated rings. The van der Waals surface area contributed by atoms with Gasteiger partial charge in [0, 0.05) is 3.57 Å². The number of carbonyl (C=O) groups is 1. The third-order valence-electron chi connectivity index (χ3n) is 1.64. The first-order chi connectivity index (χ1) is 6.60. The highest BCUT2D eigenvalue weighted by Crippen LogP contribution is 2.31. The highest BCUT2D eigenvalue weighted by Gasteiger charge is 2.12. The lowest BCUT2D eigenvalue weighted by Gasteiger charge is -2.07. The van der Waals surface area contributed by atoms with Gasteiger partial charge >= 0.3 is 5.97 Å². The summed E-state index contributed by atoms with van der Waals surface area (Å²) in [6.45, 7) is 0. The molecule has 0 aliphatic heterocycles. The Kier molecular flexibility index (Phi) is 4.18. The molecular formula is C9H8BrIO3. The third-order valence-corrected chi connectivity index (χ3v) is 4.05. The van der Waals surface area contributed by atoms with E-state index < -0.39 is 0 Å². The molecular weight excluding hydrogens is 363 g/mol. The Morgan fingerprint density at radius 3 is 2.57 bits per heavy atom. The summed E-state index contributed by atoms with van der Waals surface area (Å²) in [6.07, 6.45) is 0. The Bertz CT molecular complexity index is 365. The summed E-state index contributed by atoms with van der Waals surface area (Å²) < 4.78 is 11.5. The van der Waals surface area contributed by atoms with Crippen molar-refractivity contribution < 1.29 is 14.3 Å². The molecule has 0 amide bonds. The molecule has 0 saturated carbocycles. The van der Waals surface area contributed by atoms with E-state index in [0.717, 1.165) is 8.04 Å². The van der Waals surface area contributed by atoms with Gasteiger partial charge in [-0.1, -0.05) is 0 Å². The van der Waals surface area contributed by atoms with Crippen molar-refractivity contribution in [3.8, 4) is 5.75 Å². The van der Waals surface area contributed by atoms with Crippen molar-refractivity contribution in [2.75, 3.05) is 14.2 Å². The van der Waals surface area contributed by atoms with Crippen LogP contribution in [-0.4, -0.2) is 20.2 Å². The molecule has 1 aromatic rings. The van der Waals surface area contributed by atoms with Crippen molar-refractivity contribution in [1.82, 2.24) is 0 Å². The molecule has 14 heavy (non-hydrogen) atoms. The van der Waals surface area contributed by atoms with Crippen molar-refractivity contribution in [2.45, 2.75) is 0 Å². The third kappa shape index (κ3) is 2.38. The quantitative estimate of drug-likeness (QED) is 0.593.